The van der Waals surface area contributed by atoms with Gasteiger partial charge in [0.25, 0.3) is 0 Å². The third kappa shape index (κ3) is 3.46. The summed E-state index contributed by atoms with van der Waals surface area (Å²) in [5.74, 6) is -1.33. The molecule has 0 radical (unpaired) electrons. The third-order valence-electron chi connectivity index (χ3n) is 3.69. The van der Waals surface area contributed by atoms with Crippen LogP contribution in [0.3, 0.4) is 0 Å². The number of halogens is 2. The smallest absolute Gasteiger partial charge is 0.134 e. The van der Waals surface area contributed by atoms with Crippen LogP contribution in [0.2, 0.25) is 0 Å². The van der Waals surface area contributed by atoms with Gasteiger partial charge in [-0.25, -0.2) is 8.78 Å². The number of aromatic hydroxyl groups is 1. The van der Waals surface area contributed by atoms with Crippen LogP contribution in [0.4, 0.5) is 8.78 Å². The number of piperazine rings is 1. The zero-order valence-corrected chi connectivity index (χ0v) is 12.0. The molecule has 5 heteroatoms. The predicted octanol–water partition coefficient (Wildman–Crippen LogP) is 2.66. The molecule has 1 aromatic carbocycles. The zero-order valence-electron chi connectivity index (χ0n) is 12.0. The summed E-state index contributed by atoms with van der Waals surface area (Å²) in [6.07, 6.45) is 0.732. The van der Waals surface area contributed by atoms with E-state index in [4.69, 9.17) is 0 Å². The molecule has 1 heterocycles. The number of phenols is 1. The quantitative estimate of drug-likeness (QED) is 0.892. The number of benzene rings is 1. The van der Waals surface area contributed by atoms with Gasteiger partial charge in [-0.2, -0.15) is 0 Å². The normalized spacial score (nSPS) is 18.4. The summed E-state index contributed by atoms with van der Waals surface area (Å²) >= 11 is 0. The molecule has 2 rings (SSSR count). The van der Waals surface area contributed by atoms with E-state index in [1.54, 1.807) is 0 Å². The maximum atomic E-state index is 14.1. The minimum Gasteiger partial charge on any atom is -0.507 e. The molecule has 0 amide bonds. The molecule has 1 saturated heterocycles. The fraction of sp³-hybridized carbons (Fsp3) is 0.600. The van der Waals surface area contributed by atoms with Crippen LogP contribution in [-0.4, -0.2) is 36.2 Å². The second kappa shape index (κ2) is 6.50. The van der Waals surface area contributed by atoms with E-state index in [1.807, 2.05) is 0 Å². The van der Waals surface area contributed by atoms with Gasteiger partial charge in [-0.05, 0) is 12.3 Å². The van der Waals surface area contributed by atoms with Gasteiger partial charge in [0.2, 0.25) is 0 Å². The van der Waals surface area contributed by atoms with Gasteiger partial charge in [-0.1, -0.05) is 13.8 Å². The van der Waals surface area contributed by atoms with E-state index < -0.39 is 11.6 Å². The van der Waals surface area contributed by atoms with Crippen LogP contribution in [0.1, 0.15) is 31.9 Å². The average molecular weight is 284 g/mol. The molecule has 112 valence electrons. The lowest BCUT2D eigenvalue weighted by Gasteiger charge is -2.36. The summed E-state index contributed by atoms with van der Waals surface area (Å²) in [6.45, 7) is 7.42. The van der Waals surface area contributed by atoms with Crippen LogP contribution in [0.15, 0.2) is 12.1 Å². The van der Waals surface area contributed by atoms with Crippen molar-refractivity contribution in [3.63, 3.8) is 0 Å². The van der Waals surface area contributed by atoms with Gasteiger partial charge in [-0.3, -0.25) is 4.90 Å². The maximum Gasteiger partial charge on any atom is 0.134 e. The van der Waals surface area contributed by atoms with Crippen LogP contribution in [-0.2, 0) is 0 Å². The van der Waals surface area contributed by atoms with Gasteiger partial charge >= 0.3 is 0 Å². The second-order valence-electron chi connectivity index (χ2n) is 5.75. The van der Waals surface area contributed by atoms with Crippen LogP contribution < -0.4 is 5.32 Å². The van der Waals surface area contributed by atoms with Crippen molar-refractivity contribution in [2.45, 2.75) is 26.3 Å². The molecule has 0 spiro atoms. The van der Waals surface area contributed by atoms with Crippen molar-refractivity contribution in [3.05, 3.63) is 29.3 Å². The topological polar surface area (TPSA) is 35.5 Å². The van der Waals surface area contributed by atoms with Crippen LogP contribution in [0.25, 0.3) is 0 Å². The summed E-state index contributed by atoms with van der Waals surface area (Å²) in [5, 5.41) is 13.2. The Bertz CT molecular complexity index is 436. The summed E-state index contributed by atoms with van der Waals surface area (Å²) in [5.41, 5.74) is 0.224. The van der Waals surface area contributed by atoms with Crippen molar-refractivity contribution < 1.29 is 13.9 Å². The first-order valence-corrected chi connectivity index (χ1v) is 7.11. The third-order valence-corrected chi connectivity index (χ3v) is 3.69. The Kier molecular flexibility index (Phi) is 4.94. The molecule has 20 heavy (non-hydrogen) atoms. The minimum atomic E-state index is -0.743. The van der Waals surface area contributed by atoms with Crippen LogP contribution in [0.5, 0.6) is 5.75 Å². The average Bonchev–Trinajstić information content (AvgIpc) is 2.37. The number of phenolic OH excluding ortho intramolecular Hbond substituents is 1. The molecule has 1 aliphatic rings. The summed E-state index contributed by atoms with van der Waals surface area (Å²) in [4.78, 5) is 2.16. The van der Waals surface area contributed by atoms with Crippen LogP contribution in [0, 0.1) is 17.6 Å². The first kappa shape index (κ1) is 15.2. The Hall–Kier alpha value is -1.20. The maximum absolute atomic E-state index is 14.1. The number of hydrogen-bond donors (Lipinski definition) is 2. The highest BCUT2D eigenvalue weighted by atomic mass is 19.1. The molecule has 0 aliphatic carbocycles. The van der Waals surface area contributed by atoms with Crippen molar-refractivity contribution >= 4 is 0 Å². The molecule has 1 aliphatic heterocycles. The molecular weight excluding hydrogens is 262 g/mol. The van der Waals surface area contributed by atoms with E-state index >= 15 is 0 Å². The fourth-order valence-electron chi connectivity index (χ4n) is 2.79. The molecule has 0 unspecified atom stereocenters. The zero-order chi connectivity index (χ0) is 14.7. The lowest BCUT2D eigenvalue weighted by atomic mass is 9.94. The Morgan fingerprint density at radius 3 is 2.45 bits per heavy atom. The summed E-state index contributed by atoms with van der Waals surface area (Å²) in [6, 6.07) is 1.64. The first-order valence-electron chi connectivity index (χ1n) is 7.11. The highest BCUT2D eigenvalue weighted by Crippen LogP contribution is 2.36. The Balaban J connectivity index is 2.35. The summed E-state index contributed by atoms with van der Waals surface area (Å²) < 4.78 is 27.3. The van der Waals surface area contributed by atoms with E-state index in [0.717, 1.165) is 44.7 Å². The highest BCUT2D eigenvalue weighted by molar-refractivity contribution is 5.37. The second-order valence-corrected chi connectivity index (χ2v) is 5.75. The van der Waals surface area contributed by atoms with Crippen LogP contribution >= 0.6 is 0 Å². The van der Waals surface area contributed by atoms with Gasteiger partial charge in [-0.15, -0.1) is 0 Å². The van der Waals surface area contributed by atoms with Crippen molar-refractivity contribution in [2.75, 3.05) is 26.2 Å². The van der Waals surface area contributed by atoms with E-state index in [2.05, 4.69) is 24.1 Å². The van der Waals surface area contributed by atoms with E-state index in [1.165, 1.54) is 0 Å². The highest BCUT2D eigenvalue weighted by Gasteiger charge is 2.28. The lowest BCUT2D eigenvalue weighted by Crippen LogP contribution is -2.45. The standard InChI is InChI=1S/C15H22F2N2O/c1-10(2)7-13(19-5-3-18-4-6-19)15-12(17)8-11(16)9-14(15)20/h8-10,13,18,20H,3-7H2,1-2H3/t13-/m0/s1. The molecule has 0 bridgehead atoms. The van der Waals surface area contributed by atoms with Gasteiger partial charge < -0.3 is 10.4 Å². The van der Waals surface area contributed by atoms with Crippen molar-refractivity contribution in [1.82, 2.24) is 10.2 Å². The molecular formula is C15H22F2N2O. The largest absolute Gasteiger partial charge is 0.507 e. The monoisotopic (exact) mass is 284 g/mol. The number of hydrogen-bond acceptors (Lipinski definition) is 3. The Morgan fingerprint density at radius 1 is 1.25 bits per heavy atom. The van der Waals surface area contributed by atoms with E-state index in [0.29, 0.717) is 5.92 Å². The fourth-order valence-corrected chi connectivity index (χ4v) is 2.79. The van der Waals surface area contributed by atoms with E-state index in [9.17, 15) is 13.9 Å². The Labute approximate surface area is 118 Å². The van der Waals surface area contributed by atoms with Crippen molar-refractivity contribution in [1.29, 1.82) is 0 Å². The predicted molar refractivity (Wildman–Crippen MR) is 74.7 cm³/mol. The number of nitrogens with zero attached hydrogens (tertiary/aromatic N) is 1. The molecule has 1 fully saturated rings. The van der Waals surface area contributed by atoms with Gasteiger partial charge in [0.15, 0.2) is 0 Å². The molecule has 0 aromatic heterocycles. The molecule has 1 aromatic rings. The Morgan fingerprint density at radius 2 is 1.90 bits per heavy atom. The van der Waals surface area contributed by atoms with Gasteiger partial charge in [0.05, 0.1) is 0 Å². The molecule has 3 nitrogen and oxygen atoms in total. The van der Waals surface area contributed by atoms with Crippen molar-refractivity contribution in [3.8, 4) is 5.75 Å². The van der Waals surface area contributed by atoms with Crippen molar-refractivity contribution in [2.24, 2.45) is 5.92 Å². The number of rotatable bonds is 4. The molecule has 1 atom stereocenters. The van der Waals surface area contributed by atoms with Gasteiger partial charge in [0.1, 0.15) is 17.4 Å². The SMILES string of the molecule is CC(C)C[C@@H](c1c(O)cc(F)cc1F)N1CCNCC1. The molecule has 2 N–H and O–H groups in total. The summed E-state index contributed by atoms with van der Waals surface area (Å²) in [7, 11) is 0. The number of nitrogens with one attached hydrogen (secondary N) is 1. The minimum absolute atomic E-state index is 0.210. The van der Waals surface area contributed by atoms with E-state index in [-0.39, 0.29) is 17.4 Å². The van der Waals surface area contributed by atoms with Gasteiger partial charge in [0, 0.05) is 49.9 Å². The lowest BCUT2D eigenvalue weighted by molar-refractivity contribution is 0.148. The molecule has 0 saturated carbocycles. The first-order chi connectivity index (χ1) is 9.49.